The third-order valence-electron chi connectivity index (χ3n) is 4.73. The summed E-state index contributed by atoms with van der Waals surface area (Å²) < 4.78 is 19.6. The number of nitrogens with zero attached hydrogens (tertiary/aromatic N) is 1. The van der Waals surface area contributed by atoms with E-state index in [1.807, 2.05) is 36.1 Å². The normalized spacial score (nSPS) is 15.6. The van der Waals surface area contributed by atoms with Crippen LogP contribution in [0, 0.1) is 12.7 Å². The van der Waals surface area contributed by atoms with Crippen molar-refractivity contribution in [2.45, 2.75) is 13.0 Å². The van der Waals surface area contributed by atoms with Crippen LogP contribution in [0.5, 0.6) is 0 Å². The molecule has 1 amide bonds. The third kappa shape index (κ3) is 5.18. The number of hydrogen-bond donors (Lipinski definition) is 2. The van der Waals surface area contributed by atoms with Gasteiger partial charge in [-0.05, 0) is 36.3 Å². The molecule has 2 N–H and O–H groups in total. The Morgan fingerprint density at radius 2 is 1.96 bits per heavy atom. The quantitative estimate of drug-likeness (QED) is 0.752. The van der Waals surface area contributed by atoms with E-state index in [0.29, 0.717) is 37.6 Å². The van der Waals surface area contributed by atoms with Crippen molar-refractivity contribution >= 4 is 17.7 Å². The Kier molecular flexibility index (Phi) is 6.79. The Labute approximate surface area is 164 Å². The SMILES string of the molecule is Cc1ccc(/C=C/C(=O)N[C@@H](CO)c2ccc(F)c(N3CCOCC3)c2)cc1. The number of aliphatic hydroxyl groups is 1. The number of hydrogen-bond acceptors (Lipinski definition) is 4. The minimum atomic E-state index is -0.615. The summed E-state index contributed by atoms with van der Waals surface area (Å²) in [6.45, 7) is 4.03. The molecule has 0 unspecified atom stereocenters. The van der Waals surface area contributed by atoms with E-state index >= 15 is 0 Å². The largest absolute Gasteiger partial charge is 0.394 e. The van der Waals surface area contributed by atoms with Crippen LogP contribution in [-0.4, -0.2) is 43.9 Å². The van der Waals surface area contributed by atoms with E-state index in [9.17, 15) is 14.3 Å². The van der Waals surface area contributed by atoms with Crippen LogP contribution in [0.2, 0.25) is 0 Å². The van der Waals surface area contributed by atoms with Crippen molar-refractivity contribution in [3.63, 3.8) is 0 Å². The number of aliphatic hydroxyl groups excluding tert-OH is 1. The Hall–Kier alpha value is -2.70. The van der Waals surface area contributed by atoms with E-state index in [-0.39, 0.29) is 18.3 Å². The summed E-state index contributed by atoms with van der Waals surface area (Å²) in [6.07, 6.45) is 3.15. The number of carbonyl (C=O) groups excluding carboxylic acids is 1. The Morgan fingerprint density at radius 3 is 2.64 bits per heavy atom. The second-order valence-electron chi connectivity index (χ2n) is 6.80. The topological polar surface area (TPSA) is 61.8 Å². The standard InChI is InChI=1S/C22H25FN2O3/c1-16-2-4-17(5-3-16)6-9-22(27)24-20(15-26)18-7-8-19(23)21(14-18)25-10-12-28-13-11-25/h2-9,14,20,26H,10-13,15H2,1H3,(H,24,27)/b9-6+/t20-/m0/s1. The average molecular weight is 384 g/mol. The van der Waals surface area contributed by atoms with Gasteiger partial charge in [0.05, 0.1) is 31.5 Å². The number of rotatable bonds is 6. The van der Waals surface area contributed by atoms with Crippen LogP contribution in [0.3, 0.4) is 0 Å². The summed E-state index contributed by atoms with van der Waals surface area (Å²) in [5.41, 5.74) is 3.18. The predicted molar refractivity (Wildman–Crippen MR) is 108 cm³/mol. The highest BCUT2D eigenvalue weighted by Crippen LogP contribution is 2.25. The van der Waals surface area contributed by atoms with E-state index in [1.54, 1.807) is 18.2 Å². The number of halogens is 1. The zero-order chi connectivity index (χ0) is 19.9. The first-order valence-electron chi connectivity index (χ1n) is 9.35. The summed E-state index contributed by atoms with van der Waals surface area (Å²) in [7, 11) is 0. The summed E-state index contributed by atoms with van der Waals surface area (Å²) >= 11 is 0. The van der Waals surface area contributed by atoms with Gasteiger partial charge in [0.2, 0.25) is 5.91 Å². The van der Waals surface area contributed by atoms with Crippen LogP contribution >= 0.6 is 0 Å². The molecule has 0 bridgehead atoms. The van der Waals surface area contributed by atoms with E-state index in [0.717, 1.165) is 11.1 Å². The molecule has 1 heterocycles. The highest BCUT2D eigenvalue weighted by Gasteiger charge is 2.19. The van der Waals surface area contributed by atoms with Gasteiger partial charge < -0.3 is 20.1 Å². The zero-order valence-corrected chi connectivity index (χ0v) is 15.9. The van der Waals surface area contributed by atoms with Gasteiger partial charge in [-0.1, -0.05) is 35.9 Å². The smallest absolute Gasteiger partial charge is 0.244 e. The first kappa shape index (κ1) is 20.0. The van der Waals surface area contributed by atoms with Gasteiger partial charge in [0.1, 0.15) is 5.82 Å². The summed E-state index contributed by atoms with van der Waals surface area (Å²) in [5, 5.41) is 12.5. The molecule has 6 heteroatoms. The van der Waals surface area contributed by atoms with Crippen LogP contribution < -0.4 is 10.2 Å². The Balaban J connectivity index is 1.70. The lowest BCUT2D eigenvalue weighted by molar-refractivity contribution is -0.117. The average Bonchev–Trinajstić information content (AvgIpc) is 2.73. The molecule has 2 aromatic carbocycles. The van der Waals surface area contributed by atoms with Crippen molar-refractivity contribution in [2.75, 3.05) is 37.8 Å². The molecular weight excluding hydrogens is 359 g/mol. The number of anilines is 1. The van der Waals surface area contributed by atoms with Crippen molar-refractivity contribution in [3.05, 3.63) is 71.0 Å². The van der Waals surface area contributed by atoms with Gasteiger partial charge in [-0.15, -0.1) is 0 Å². The minimum Gasteiger partial charge on any atom is -0.394 e. The van der Waals surface area contributed by atoms with Gasteiger partial charge in [0.15, 0.2) is 0 Å². The Bertz CT molecular complexity index is 830. The van der Waals surface area contributed by atoms with Gasteiger partial charge in [-0.3, -0.25) is 4.79 Å². The third-order valence-corrected chi connectivity index (χ3v) is 4.73. The highest BCUT2D eigenvalue weighted by atomic mass is 19.1. The predicted octanol–water partition coefficient (Wildman–Crippen LogP) is 2.83. The van der Waals surface area contributed by atoms with Crippen molar-refractivity contribution in [1.29, 1.82) is 0 Å². The van der Waals surface area contributed by atoms with E-state index in [1.165, 1.54) is 12.1 Å². The second-order valence-corrected chi connectivity index (χ2v) is 6.80. The maximum atomic E-state index is 14.3. The molecule has 0 spiro atoms. The van der Waals surface area contributed by atoms with E-state index < -0.39 is 6.04 Å². The number of aryl methyl sites for hydroxylation is 1. The van der Waals surface area contributed by atoms with E-state index in [4.69, 9.17) is 4.74 Å². The first-order chi connectivity index (χ1) is 13.6. The fourth-order valence-electron chi connectivity index (χ4n) is 3.10. The van der Waals surface area contributed by atoms with Crippen LogP contribution in [0.15, 0.2) is 48.5 Å². The Morgan fingerprint density at radius 1 is 1.25 bits per heavy atom. The number of morpholine rings is 1. The molecule has 148 valence electrons. The van der Waals surface area contributed by atoms with Gasteiger partial charge in [-0.25, -0.2) is 4.39 Å². The zero-order valence-electron chi connectivity index (χ0n) is 15.9. The van der Waals surface area contributed by atoms with Gasteiger partial charge in [0.25, 0.3) is 0 Å². The molecule has 1 aliphatic heterocycles. The van der Waals surface area contributed by atoms with Crippen LogP contribution in [0.4, 0.5) is 10.1 Å². The highest BCUT2D eigenvalue weighted by molar-refractivity contribution is 5.92. The molecule has 1 saturated heterocycles. The van der Waals surface area contributed by atoms with Crippen LogP contribution in [-0.2, 0) is 9.53 Å². The fraction of sp³-hybridized carbons (Fsp3) is 0.318. The number of benzene rings is 2. The molecule has 0 aromatic heterocycles. The first-order valence-corrected chi connectivity index (χ1v) is 9.35. The molecule has 1 aliphatic rings. The maximum absolute atomic E-state index is 14.3. The van der Waals surface area contributed by atoms with Crippen LogP contribution in [0.1, 0.15) is 22.7 Å². The lowest BCUT2D eigenvalue weighted by atomic mass is 10.1. The fourth-order valence-corrected chi connectivity index (χ4v) is 3.10. The molecule has 0 radical (unpaired) electrons. The number of nitrogens with one attached hydrogen (secondary N) is 1. The molecule has 5 nitrogen and oxygen atoms in total. The summed E-state index contributed by atoms with van der Waals surface area (Å²) in [4.78, 5) is 14.2. The lowest BCUT2D eigenvalue weighted by Crippen LogP contribution is -2.37. The molecule has 0 aliphatic carbocycles. The van der Waals surface area contributed by atoms with Crippen LogP contribution in [0.25, 0.3) is 6.08 Å². The molecule has 3 rings (SSSR count). The minimum absolute atomic E-state index is 0.279. The molecule has 2 aromatic rings. The van der Waals surface area contributed by atoms with Crippen molar-refractivity contribution < 1.29 is 19.0 Å². The van der Waals surface area contributed by atoms with E-state index in [2.05, 4.69) is 5.32 Å². The van der Waals surface area contributed by atoms with Crippen molar-refractivity contribution in [1.82, 2.24) is 5.32 Å². The molecule has 0 saturated carbocycles. The lowest BCUT2D eigenvalue weighted by Gasteiger charge is -2.30. The van der Waals surface area contributed by atoms with Crippen molar-refractivity contribution in [3.8, 4) is 0 Å². The maximum Gasteiger partial charge on any atom is 0.244 e. The number of carbonyl (C=O) groups is 1. The van der Waals surface area contributed by atoms with Gasteiger partial charge in [-0.2, -0.15) is 0 Å². The molecular formula is C22H25FN2O3. The summed E-state index contributed by atoms with van der Waals surface area (Å²) in [5.74, 6) is -0.648. The monoisotopic (exact) mass is 384 g/mol. The molecule has 1 atom stereocenters. The van der Waals surface area contributed by atoms with Crippen molar-refractivity contribution in [2.24, 2.45) is 0 Å². The molecule has 28 heavy (non-hydrogen) atoms. The molecule has 1 fully saturated rings. The van der Waals surface area contributed by atoms with Gasteiger partial charge >= 0.3 is 0 Å². The van der Waals surface area contributed by atoms with Gasteiger partial charge in [0, 0.05) is 19.2 Å². The summed E-state index contributed by atoms with van der Waals surface area (Å²) in [6, 6.07) is 11.8. The second kappa shape index (κ2) is 9.48. The number of amides is 1. The number of ether oxygens (including phenoxy) is 1.